The summed E-state index contributed by atoms with van der Waals surface area (Å²) in [5.41, 5.74) is 3.59. The number of ether oxygens (including phenoxy) is 1. The van der Waals surface area contributed by atoms with Crippen molar-refractivity contribution in [1.82, 2.24) is 5.01 Å². The Balaban J connectivity index is 1.54. The van der Waals surface area contributed by atoms with Crippen LogP contribution in [0.3, 0.4) is 0 Å². The Hall–Kier alpha value is -2.05. The van der Waals surface area contributed by atoms with Crippen molar-refractivity contribution in [3.63, 3.8) is 0 Å². The van der Waals surface area contributed by atoms with Crippen molar-refractivity contribution in [3.05, 3.63) is 57.6 Å². The molecule has 6 heteroatoms. The lowest BCUT2D eigenvalue weighted by molar-refractivity contribution is -0.918. The smallest absolute Gasteiger partial charge is 0.172 e. The Kier molecular flexibility index (Phi) is 6.16. The van der Waals surface area contributed by atoms with Crippen LogP contribution in [0.15, 0.2) is 46.0 Å². The lowest BCUT2D eigenvalue weighted by Gasteiger charge is -2.30. The summed E-state index contributed by atoms with van der Waals surface area (Å²) in [6, 6.07) is 12.4. The van der Waals surface area contributed by atoms with Crippen molar-refractivity contribution in [2.45, 2.75) is 13.5 Å². The van der Waals surface area contributed by atoms with Crippen LogP contribution in [-0.4, -0.2) is 49.6 Å². The van der Waals surface area contributed by atoms with E-state index in [1.54, 1.807) is 18.1 Å². The highest BCUT2D eigenvalue weighted by atomic mass is 79.9. The number of hydrogen-bond donors (Lipinski definition) is 2. The largest absolute Gasteiger partial charge is 0.503 e. The average molecular weight is 419 g/mol. The minimum Gasteiger partial charge on any atom is -0.503 e. The van der Waals surface area contributed by atoms with E-state index in [1.807, 2.05) is 12.3 Å². The summed E-state index contributed by atoms with van der Waals surface area (Å²) in [6.45, 7) is 7.22. The number of phenolic OH excluding ortho intramolecular Hbond substituents is 1. The van der Waals surface area contributed by atoms with Crippen molar-refractivity contribution in [2.24, 2.45) is 5.10 Å². The van der Waals surface area contributed by atoms with E-state index in [0.717, 1.165) is 38.3 Å². The number of methoxy groups -OCH3 is 1. The molecule has 5 nitrogen and oxygen atoms in total. The molecule has 0 saturated carbocycles. The van der Waals surface area contributed by atoms with Gasteiger partial charge in [-0.1, -0.05) is 29.8 Å². The molecule has 1 saturated heterocycles. The Morgan fingerprint density at radius 2 is 1.92 bits per heavy atom. The van der Waals surface area contributed by atoms with Crippen LogP contribution in [0, 0.1) is 6.92 Å². The van der Waals surface area contributed by atoms with Gasteiger partial charge < -0.3 is 14.7 Å². The van der Waals surface area contributed by atoms with E-state index < -0.39 is 0 Å². The van der Waals surface area contributed by atoms with Crippen LogP contribution < -0.4 is 9.64 Å². The first-order valence-electron chi connectivity index (χ1n) is 8.79. The molecule has 26 heavy (non-hydrogen) atoms. The topological polar surface area (TPSA) is 49.5 Å². The summed E-state index contributed by atoms with van der Waals surface area (Å²) in [6.07, 6.45) is 1.82. The number of hydrogen-bond acceptors (Lipinski definition) is 4. The maximum Gasteiger partial charge on any atom is 0.172 e. The quantitative estimate of drug-likeness (QED) is 0.731. The number of hydrazone groups is 1. The molecule has 138 valence electrons. The fraction of sp³-hybridized carbons (Fsp3) is 0.350. The third kappa shape index (κ3) is 4.77. The average Bonchev–Trinajstić information content (AvgIpc) is 2.65. The maximum absolute atomic E-state index is 9.87. The van der Waals surface area contributed by atoms with Gasteiger partial charge in [0.1, 0.15) is 6.54 Å². The molecule has 0 spiro atoms. The van der Waals surface area contributed by atoms with Crippen molar-refractivity contribution < 1.29 is 14.7 Å². The van der Waals surface area contributed by atoms with Gasteiger partial charge in [0, 0.05) is 5.56 Å². The van der Waals surface area contributed by atoms with Crippen LogP contribution in [0.25, 0.3) is 0 Å². The summed E-state index contributed by atoms with van der Waals surface area (Å²) in [5.74, 6) is 0.547. The monoisotopic (exact) mass is 418 g/mol. The minimum atomic E-state index is 0.109. The second-order valence-electron chi connectivity index (χ2n) is 6.66. The van der Waals surface area contributed by atoms with Gasteiger partial charge in [-0.2, -0.15) is 5.10 Å². The summed E-state index contributed by atoms with van der Waals surface area (Å²) < 4.78 is 5.78. The number of aromatic hydroxyl groups is 1. The first-order chi connectivity index (χ1) is 12.5. The molecule has 1 heterocycles. The number of rotatable bonds is 5. The standard InChI is InChI=1S/C20H24BrN3O2/c1-15-3-5-16(6-4-15)14-23-7-9-24(10-8-23)22-13-17-11-18(21)20(25)19(12-17)26-2/h3-6,11-13,25H,7-10,14H2,1-2H3/p+1/b22-13+. The summed E-state index contributed by atoms with van der Waals surface area (Å²) in [7, 11) is 1.54. The fourth-order valence-corrected chi connectivity index (χ4v) is 3.53. The van der Waals surface area contributed by atoms with Crippen LogP contribution in [-0.2, 0) is 6.54 Å². The van der Waals surface area contributed by atoms with Gasteiger partial charge in [0.25, 0.3) is 0 Å². The van der Waals surface area contributed by atoms with Gasteiger partial charge in [-0.3, -0.25) is 5.01 Å². The van der Waals surface area contributed by atoms with Crippen molar-refractivity contribution in [2.75, 3.05) is 33.3 Å². The van der Waals surface area contributed by atoms with E-state index in [1.165, 1.54) is 11.1 Å². The highest BCUT2D eigenvalue weighted by Gasteiger charge is 2.18. The minimum absolute atomic E-state index is 0.109. The van der Waals surface area contributed by atoms with Gasteiger partial charge in [0.15, 0.2) is 11.5 Å². The molecular formula is C20H25BrN3O2+. The lowest BCUT2D eigenvalue weighted by Crippen LogP contribution is -3.13. The molecule has 1 aliphatic heterocycles. The Labute approximate surface area is 163 Å². The molecule has 0 aliphatic carbocycles. The third-order valence-corrected chi connectivity index (χ3v) is 5.27. The zero-order valence-corrected chi connectivity index (χ0v) is 16.8. The maximum atomic E-state index is 9.87. The van der Waals surface area contributed by atoms with E-state index >= 15 is 0 Å². The molecule has 2 aromatic carbocycles. The summed E-state index contributed by atoms with van der Waals surface area (Å²) in [4.78, 5) is 1.59. The Morgan fingerprint density at radius 3 is 2.58 bits per heavy atom. The second kappa shape index (κ2) is 8.56. The molecule has 1 aliphatic rings. The van der Waals surface area contributed by atoms with Crippen LogP contribution >= 0.6 is 15.9 Å². The van der Waals surface area contributed by atoms with Crippen molar-refractivity contribution in [3.8, 4) is 11.5 Å². The molecule has 3 rings (SSSR count). The molecule has 0 atom stereocenters. The van der Waals surface area contributed by atoms with Gasteiger partial charge in [0.2, 0.25) is 0 Å². The third-order valence-electron chi connectivity index (χ3n) is 4.66. The van der Waals surface area contributed by atoms with E-state index in [2.05, 4.69) is 57.2 Å². The molecule has 0 bridgehead atoms. The number of halogens is 1. The number of phenols is 1. The predicted molar refractivity (Wildman–Crippen MR) is 107 cm³/mol. The first-order valence-corrected chi connectivity index (χ1v) is 9.59. The van der Waals surface area contributed by atoms with E-state index in [-0.39, 0.29) is 5.75 Å². The molecule has 0 radical (unpaired) electrons. The van der Waals surface area contributed by atoms with E-state index in [0.29, 0.717) is 10.2 Å². The lowest BCUT2D eigenvalue weighted by atomic mass is 10.1. The zero-order chi connectivity index (χ0) is 18.5. The van der Waals surface area contributed by atoms with Crippen molar-refractivity contribution in [1.29, 1.82) is 0 Å². The summed E-state index contributed by atoms with van der Waals surface area (Å²) in [5, 5.41) is 16.6. The highest BCUT2D eigenvalue weighted by molar-refractivity contribution is 9.10. The van der Waals surface area contributed by atoms with Crippen LogP contribution in [0.5, 0.6) is 11.5 Å². The number of benzene rings is 2. The van der Waals surface area contributed by atoms with Crippen LogP contribution in [0.1, 0.15) is 16.7 Å². The van der Waals surface area contributed by atoms with E-state index in [4.69, 9.17) is 4.74 Å². The molecule has 0 aromatic heterocycles. The molecule has 2 aromatic rings. The van der Waals surface area contributed by atoms with Gasteiger partial charge in [-0.25, -0.2) is 0 Å². The fourth-order valence-electron chi connectivity index (χ4n) is 3.07. The second-order valence-corrected chi connectivity index (χ2v) is 7.52. The van der Waals surface area contributed by atoms with Gasteiger partial charge >= 0.3 is 0 Å². The highest BCUT2D eigenvalue weighted by Crippen LogP contribution is 2.34. The van der Waals surface area contributed by atoms with Gasteiger partial charge in [-0.05, 0) is 40.5 Å². The van der Waals surface area contributed by atoms with E-state index in [9.17, 15) is 5.11 Å². The number of aryl methyl sites for hydroxylation is 1. The Bertz CT molecular complexity index is 769. The SMILES string of the molecule is COc1cc(/C=N/N2CC[NH+](Cc3ccc(C)cc3)CC2)cc(Br)c1O. The number of quaternary nitrogens is 1. The molecule has 0 amide bonds. The normalized spacial score (nSPS) is 15.6. The number of nitrogens with one attached hydrogen (secondary N) is 1. The number of piperazine rings is 1. The zero-order valence-electron chi connectivity index (χ0n) is 15.2. The Morgan fingerprint density at radius 1 is 1.23 bits per heavy atom. The van der Waals surface area contributed by atoms with Crippen LogP contribution in [0.2, 0.25) is 0 Å². The van der Waals surface area contributed by atoms with Gasteiger partial charge in [-0.15, -0.1) is 0 Å². The van der Waals surface area contributed by atoms with Gasteiger partial charge in [0.05, 0.1) is 44.0 Å². The molecule has 0 unspecified atom stereocenters. The number of nitrogens with zero attached hydrogens (tertiary/aromatic N) is 2. The molecular weight excluding hydrogens is 394 g/mol. The predicted octanol–water partition coefficient (Wildman–Crippen LogP) is 2.21. The van der Waals surface area contributed by atoms with Crippen molar-refractivity contribution >= 4 is 22.1 Å². The molecule has 1 fully saturated rings. The first kappa shape index (κ1) is 18.7. The molecule has 2 N–H and O–H groups in total. The van der Waals surface area contributed by atoms with Crippen LogP contribution in [0.4, 0.5) is 0 Å². The summed E-state index contributed by atoms with van der Waals surface area (Å²) >= 11 is 3.34.